The fourth-order valence-corrected chi connectivity index (χ4v) is 2.78. The SMILES string of the molecule is CN1C(=O)C(=Cc2ccc(-c3cccc(Cl)c3Cl)o2)C(=O)N(C)C1=O. The second kappa shape index (κ2) is 6.38. The number of furan rings is 1. The van der Waals surface area contributed by atoms with Crippen LogP contribution in [-0.2, 0) is 9.59 Å². The summed E-state index contributed by atoms with van der Waals surface area (Å²) < 4.78 is 5.66. The molecule has 3 rings (SSSR count). The molecule has 0 N–H and O–H groups in total. The van der Waals surface area contributed by atoms with E-state index in [1.54, 1.807) is 30.3 Å². The fraction of sp³-hybridized carbons (Fsp3) is 0.118. The minimum absolute atomic E-state index is 0.164. The topological polar surface area (TPSA) is 70.8 Å². The van der Waals surface area contributed by atoms with Gasteiger partial charge in [-0.3, -0.25) is 19.4 Å². The molecule has 0 aliphatic carbocycles. The number of carbonyl (C=O) groups excluding carboxylic acids is 3. The number of nitrogens with zero attached hydrogens (tertiary/aromatic N) is 2. The van der Waals surface area contributed by atoms with Crippen molar-refractivity contribution in [2.45, 2.75) is 0 Å². The monoisotopic (exact) mass is 378 g/mol. The minimum atomic E-state index is -0.688. The fourth-order valence-electron chi connectivity index (χ4n) is 2.39. The molecule has 25 heavy (non-hydrogen) atoms. The number of hydrogen-bond donors (Lipinski definition) is 0. The van der Waals surface area contributed by atoms with Gasteiger partial charge in [-0.05, 0) is 30.3 Å². The molecule has 4 amide bonds. The van der Waals surface area contributed by atoms with Crippen LogP contribution in [0.15, 0.2) is 40.3 Å². The highest BCUT2D eigenvalue weighted by Crippen LogP contribution is 2.34. The van der Waals surface area contributed by atoms with Gasteiger partial charge in [0.25, 0.3) is 11.8 Å². The van der Waals surface area contributed by atoms with Crippen molar-refractivity contribution in [1.29, 1.82) is 0 Å². The number of rotatable bonds is 2. The second-order valence-corrected chi connectivity index (χ2v) is 6.16. The molecule has 1 aliphatic rings. The van der Waals surface area contributed by atoms with Gasteiger partial charge in [0, 0.05) is 19.7 Å². The van der Waals surface area contributed by atoms with E-state index in [9.17, 15) is 14.4 Å². The van der Waals surface area contributed by atoms with Gasteiger partial charge in [-0.1, -0.05) is 29.3 Å². The smallest absolute Gasteiger partial charge is 0.333 e. The first-order valence-electron chi connectivity index (χ1n) is 7.17. The van der Waals surface area contributed by atoms with E-state index in [1.807, 2.05) is 0 Å². The van der Waals surface area contributed by atoms with Crippen LogP contribution in [0.1, 0.15) is 5.76 Å². The predicted molar refractivity (Wildman–Crippen MR) is 93.1 cm³/mol. The Morgan fingerprint density at radius 2 is 1.60 bits per heavy atom. The number of amides is 4. The van der Waals surface area contributed by atoms with E-state index < -0.39 is 17.8 Å². The molecule has 8 heteroatoms. The lowest BCUT2D eigenvalue weighted by Crippen LogP contribution is -2.52. The van der Waals surface area contributed by atoms with Crippen LogP contribution >= 0.6 is 23.2 Å². The molecule has 6 nitrogen and oxygen atoms in total. The third-order valence-corrected chi connectivity index (χ3v) is 4.59. The molecule has 2 aromatic rings. The molecular formula is C17H12Cl2N2O4. The Hall–Kier alpha value is -2.57. The number of urea groups is 1. The van der Waals surface area contributed by atoms with Crippen molar-refractivity contribution in [1.82, 2.24) is 9.80 Å². The van der Waals surface area contributed by atoms with Gasteiger partial charge in [0.2, 0.25) is 0 Å². The summed E-state index contributed by atoms with van der Waals surface area (Å²) in [6.45, 7) is 0. The first kappa shape index (κ1) is 17.3. The Labute approximate surface area is 153 Å². The average molecular weight is 379 g/mol. The summed E-state index contributed by atoms with van der Waals surface area (Å²) in [5, 5.41) is 0.725. The summed E-state index contributed by atoms with van der Waals surface area (Å²) in [5.74, 6) is -0.662. The molecule has 0 spiro atoms. The van der Waals surface area contributed by atoms with E-state index in [1.165, 1.54) is 20.2 Å². The van der Waals surface area contributed by atoms with E-state index in [0.717, 1.165) is 9.80 Å². The maximum atomic E-state index is 12.2. The largest absolute Gasteiger partial charge is 0.457 e. The first-order valence-corrected chi connectivity index (χ1v) is 7.93. The van der Waals surface area contributed by atoms with Gasteiger partial charge in [0.05, 0.1) is 10.0 Å². The Balaban J connectivity index is 1.99. The van der Waals surface area contributed by atoms with Gasteiger partial charge in [0.15, 0.2) is 0 Å². The lowest BCUT2D eigenvalue weighted by atomic mass is 10.1. The lowest BCUT2D eigenvalue weighted by molar-refractivity contribution is -0.134. The zero-order chi connectivity index (χ0) is 18.3. The molecule has 0 saturated carbocycles. The van der Waals surface area contributed by atoms with Crippen LogP contribution in [-0.4, -0.2) is 41.7 Å². The Morgan fingerprint density at radius 1 is 0.960 bits per heavy atom. The molecular weight excluding hydrogens is 367 g/mol. The number of halogens is 2. The van der Waals surface area contributed by atoms with Crippen molar-refractivity contribution in [2.75, 3.05) is 14.1 Å². The van der Waals surface area contributed by atoms with Crippen molar-refractivity contribution >= 4 is 47.1 Å². The third-order valence-electron chi connectivity index (χ3n) is 3.77. The molecule has 0 atom stereocenters. The minimum Gasteiger partial charge on any atom is -0.457 e. The summed E-state index contributed by atoms with van der Waals surface area (Å²) in [5.41, 5.74) is 0.423. The molecule has 1 aromatic heterocycles. The number of hydrogen-bond acceptors (Lipinski definition) is 4. The van der Waals surface area contributed by atoms with Crippen LogP contribution in [0.5, 0.6) is 0 Å². The van der Waals surface area contributed by atoms with Crippen LogP contribution in [0.2, 0.25) is 10.0 Å². The van der Waals surface area contributed by atoms with Crippen LogP contribution in [0.4, 0.5) is 4.79 Å². The maximum Gasteiger partial charge on any atom is 0.333 e. The zero-order valence-electron chi connectivity index (χ0n) is 13.2. The molecule has 0 unspecified atom stereocenters. The predicted octanol–water partition coefficient (Wildman–Crippen LogP) is 3.69. The molecule has 0 bridgehead atoms. The zero-order valence-corrected chi connectivity index (χ0v) is 14.8. The molecule has 1 fully saturated rings. The lowest BCUT2D eigenvalue weighted by Gasteiger charge is -2.28. The summed E-state index contributed by atoms with van der Waals surface area (Å²) in [6.07, 6.45) is 1.30. The molecule has 128 valence electrons. The van der Waals surface area contributed by atoms with Crippen molar-refractivity contribution < 1.29 is 18.8 Å². The number of imide groups is 2. The Morgan fingerprint density at radius 3 is 2.24 bits per heavy atom. The van der Waals surface area contributed by atoms with Gasteiger partial charge < -0.3 is 4.42 Å². The highest BCUT2D eigenvalue weighted by molar-refractivity contribution is 6.43. The third kappa shape index (κ3) is 2.94. The van der Waals surface area contributed by atoms with E-state index >= 15 is 0 Å². The molecule has 0 radical (unpaired) electrons. The highest BCUT2D eigenvalue weighted by atomic mass is 35.5. The van der Waals surface area contributed by atoms with Gasteiger partial charge in [-0.15, -0.1) is 0 Å². The van der Waals surface area contributed by atoms with Crippen molar-refractivity contribution in [3.8, 4) is 11.3 Å². The number of carbonyl (C=O) groups is 3. The van der Waals surface area contributed by atoms with Crippen molar-refractivity contribution in [3.05, 3.63) is 51.7 Å². The van der Waals surface area contributed by atoms with Crippen LogP contribution in [0.25, 0.3) is 17.4 Å². The summed E-state index contributed by atoms with van der Waals surface area (Å²) in [6, 6.07) is 7.69. The van der Waals surface area contributed by atoms with Gasteiger partial charge >= 0.3 is 6.03 Å². The normalized spacial score (nSPS) is 15.2. The summed E-state index contributed by atoms with van der Waals surface area (Å²) in [4.78, 5) is 37.8. The van der Waals surface area contributed by atoms with E-state index in [2.05, 4.69) is 0 Å². The summed E-state index contributed by atoms with van der Waals surface area (Å²) in [7, 11) is 2.61. The molecule has 1 aromatic carbocycles. The second-order valence-electron chi connectivity index (χ2n) is 5.37. The van der Waals surface area contributed by atoms with E-state index in [4.69, 9.17) is 27.6 Å². The average Bonchev–Trinajstić information content (AvgIpc) is 3.06. The molecule has 1 aliphatic heterocycles. The van der Waals surface area contributed by atoms with Gasteiger partial charge in [-0.25, -0.2) is 4.79 Å². The van der Waals surface area contributed by atoms with Crippen LogP contribution in [0, 0.1) is 0 Å². The quantitative estimate of drug-likeness (QED) is 0.590. The number of barbiturate groups is 1. The Bertz CT molecular complexity index is 906. The summed E-state index contributed by atoms with van der Waals surface area (Å²) >= 11 is 12.2. The number of likely N-dealkylation sites (N-methyl/N-ethyl adjacent to an activating group) is 2. The Kier molecular flexibility index (Phi) is 4.41. The molecule has 1 saturated heterocycles. The van der Waals surface area contributed by atoms with E-state index in [-0.39, 0.29) is 11.3 Å². The maximum absolute atomic E-state index is 12.2. The van der Waals surface area contributed by atoms with Crippen LogP contribution in [0.3, 0.4) is 0 Å². The van der Waals surface area contributed by atoms with Gasteiger partial charge in [0.1, 0.15) is 17.1 Å². The first-order chi connectivity index (χ1) is 11.8. The van der Waals surface area contributed by atoms with E-state index in [0.29, 0.717) is 21.4 Å². The standard InChI is InChI=1S/C17H12Cl2N2O4/c1-20-15(22)11(16(23)21(2)17(20)24)8-9-6-7-13(25-9)10-4-3-5-12(18)14(10)19/h3-8H,1-2H3. The number of benzene rings is 1. The van der Waals surface area contributed by atoms with Crippen molar-refractivity contribution in [2.24, 2.45) is 0 Å². The van der Waals surface area contributed by atoms with Gasteiger partial charge in [-0.2, -0.15) is 0 Å². The molecule has 2 heterocycles. The highest BCUT2D eigenvalue weighted by Gasteiger charge is 2.38. The van der Waals surface area contributed by atoms with Crippen LogP contribution < -0.4 is 0 Å². The van der Waals surface area contributed by atoms with Crippen molar-refractivity contribution in [3.63, 3.8) is 0 Å².